The summed E-state index contributed by atoms with van der Waals surface area (Å²) < 4.78 is 22.6. The van der Waals surface area contributed by atoms with Crippen LogP contribution < -0.4 is 10.5 Å². The highest BCUT2D eigenvalue weighted by Crippen LogP contribution is 2.35. The van der Waals surface area contributed by atoms with Crippen LogP contribution >= 0.6 is 34.8 Å². The fraction of sp³-hybridized carbons (Fsp3) is 0.333. The number of aromatic nitrogens is 1. The second kappa shape index (κ2) is 6.82. The van der Waals surface area contributed by atoms with Crippen LogP contribution in [0.4, 0.5) is 10.1 Å². The summed E-state index contributed by atoms with van der Waals surface area (Å²) in [5, 5.41) is -0.580. The van der Waals surface area contributed by atoms with Gasteiger partial charge in [0.1, 0.15) is 16.7 Å². The largest absolute Gasteiger partial charge is 0.464 e. The van der Waals surface area contributed by atoms with E-state index >= 15 is 0 Å². The average molecular weight is 318 g/mol. The number of nitrogen functional groups attached to an aromatic ring is 1. The zero-order valence-electron chi connectivity index (χ0n) is 8.88. The normalized spacial score (nSPS) is 10.2. The highest BCUT2D eigenvalue weighted by molar-refractivity contribution is 6.39. The molecule has 1 rings (SSSR count). The molecule has 0 atom stereocenters. The molecule has 0 fully saturated rings. The number of anilines is 1. The van der Waals surface area contributed by atoms with Crippen molar-refractivity contribution in [2.45, 2.75) is 0 Å². The predicted molar refractivity (Wildman–Crippen MR) is 65.8 cm³/mol. The van der Waals surface area contributed by atoms with Crippen molar-refractivity contribution in [2.24, 2.45) is 0 Å². The van der Waals surface area contributed by atoms with Crippen molar-refractivity contribution in [1.29, 1.82) is 0 Å². The van der Waals surface area contributed by atoms with E-state index in [1.807, 2.05) is 0 Å². The Hall–Kier alpha value is -0.980. The van der Waals surface area contributed by atoms with Crippen LogP contribution in [-0.4, -0.2) is 30.0 Å². The zero-order valence-corrected chi connectivity index (χ0v) is 11.2. The molecule has 0 amide bonds. The van der Waals surface area contributed by atoms with Crippen LogP contribution in [0.15, 0.2) is 0 Å². The minimum Gasteiger partial charge on any atom is -0.464 e. The third-order valence-corrected chi connectivity index (χ3v) is 2.59. The molecule has 9 heteroatoms. The van der Waals surface area contributed by atoms with Gasteiger partial charge in [-0.2, -0.15) is 9.37 Å². The van der Waals surface area contributed by atoms with Gasteiger partial charge in [-0.25, -0.2) is 4.79 Å². The first-order valence-electron chi connectivity index (χ1n) is 4.61. The molecule has 18 heavy (non-hydrogen) atoms. The van der Waals surface area contributed by atoms with E-state index in [4.69, 9.17) is 45.3 Å². The van der Waals surface area contributed by atoms with E-state index in [0.29, 0.717) is 0 Å². The molecule has 1 heterocycles. The number of rotatable bonds is 5. The summed E-state index contributed by atoms with van der Waals surface area (Å²) in [6, 6.07) is 0. The van der Waals surface area contributed by atoms with Crippen molar-refractivity contribution >= 4 is 46.5 Å². The maximum Gasteiger partial charge on any atom is 0.344 e. The Bertz CT molecular complexity index is 459. The number of pyridine rings is 1. The Morgan fingerprint density at radius 1 is 1.39 bits per heavy atom. The molecule has 0 unspecified atom stereocenters. The Kier molecular flexibility index (Phi) is 5.71. The van der Waals surface area contributed by atoms with Gasteiger partial charge in [0.05, 0.1) is 11.6 Å². The molecular weight excluding hydrogens is 309 g/mol. The fourth-order valence-corrected chi connectivity index (χ4v) is 1.38. The van der Waals surface area contributed by atoms with Gasteiger partial charge < -0.3 is 15.2 Å². The summed E-state index contributed by atoms with van der Waals surface area (Å²) in [6.45, 7) is -0.452. The lowest BCUT2D eigenvalue weighted by molar-refractivity contribution is -0.145. The third-order valence-electron chi connectivity index (χ3n) is 1.71. The van der Waals surface area contributed by atoms with Crippen LogP contribution in [0.1, 0.15) is 0 Å². The van der Waals surface area contributed by atoms with E-state index in [-0.39, 0.29) is 29.1 Å². The van der Waals surface area contributed by atoms with Gasteiger partial charge in [0.15, 0.2) is 6.61 Å². The van der Waals surface area contributed by atoms with Gasteiger partial charge in [-0.1, -0.05) is 23.2 Å². The van der Waals surface area contributed by atoms with E-state index < -0.39 is 23.5 Å². The van der Waals surface area contributed by atoms with Gasteiger partial charge >= 0.3 is 5.97 Å². The number of halogens is 4. The Morgan fingerprint density at radius 3 is 2.67 bits per heavy atom. The quantitative estimate of drug-likeness (QED) is 0.512. The lowest BCUT2D eigenvalue weighted by Crippen LogP contribution is -2.17. The monoisotopic (exact) mass is 316 g/mol. The maximum atomic E-state index is 13.2. The minimum absolute atomic E-state index is 0.0437. The highest BCUT2D eigenvalue weighted by atomic mass is 35.5. The van der Waals surface area contributed by atoms with Crippen molar-refractivity contribution in [2.75, 3.05) is 24.8 Å². The Balaban J connectivity index is 2.71. The first-order chi connectivity index (χ1) is 8.47. The number of esters is 1. The van der Waals surface area contributed by atoms with Crippen LogP contribution in [-0.2, 0) is 9.53 Å². The predicted octanol–water partition coefficient (Wildman–Crippen LogP) is 2.27. The molecule has 0 bridgehead atoms. The van der Waals surface area contributed by atoms with Gasteiger partial charge in [-0.3, -0.25) is 0 Å². The summed E-state index contributed by atoms with van der Waals surface area (Å²) in [5.74, 6) is -1.91. The SMILES string of the molecule is Nc1c(Cl)c(F)nc(OCC(=O)OCCCl)c1Cl. The lowest BCUT2D eigenvalue weighted by Gasteiger charge is -2.09. The minimum atomic E-state index is -1.04. The van der Waals surface area contributed by atoms with E-state index in [9.17, 15) is 9.18 Å². The Morgan fingerprint density at radius 2 is 2.06 bits per heavy atom. The fourth-order valence-electron chi connectivity index (χ4n) is 0.927. The molecule has 1 aromatic heterocycles. The smallest absolute Gasteiger partial charge is 0.344 e. The first kappa shape index (κ1) is 15.1. The van der Waals surface area contributed by atoms with Crippen LogP contribution in [0.3, 0.4) is 0 Å². The number of ether oxygens (including phenoxy) is 2. The molecule has 0 radical (unpaired) electrons. The van der Waals surface area contributed by atoms with Gasteiger partial charge in [0, 0.05) is 0 Å². The maximum absolute atomic E-state index is 13.2. The topological polar surface area (TPSA) is 74.4 Å². The molecule has 0 aromatic carbocycles. The van der Waals surface area contributed by atoms with Crippen molar-refractivity contribution in [1.82, 2.24) is 4.98 Å². The summed E-state index contributed by atoms with van der Waals surface area (Å²) in [6.07, 6.45) is 0. The Labute approximate surface area is 117 Å². The van der Waals surface area contributed by atoms with Crippen molar-refractivity contribution < 1.29 is 18.7 Å². The highest BCUT2D eigenvalue weighted by Gasteiger charge is 2.17. The standard InChI is InChI=1S/C9H8Cl3FN2O3/c10-1-2-17-4(16)3-18-9-6(12)7(14)5(11)8(13)15-9/h1-3H2,(H2,14,15). The molecule has 0 aliphatic heterocycles. The van der Waals surface area contributed by atoms with Crippen LogP contribution in [0.5, 0.6) is 5.88 Å². The van der Waals surface area contributed by atoms with Crippen molar-refractivity contribution in [3.8, 4) is 5.88 Å². The van der Waals surface area contributed by atoms with Gasteiger partial charge in [0.25, 0.3) is 0 Å². The zero-order chi connectivity index (χ0) is 13.7. The molecule has 0 saturated carbocycles. The summed E-state index contributed by atoms with van der Waals surface area (Å²) >= 11 is 16.5. The lowest BCUT2D eigenvalue weighted by atomic mass is 10.4. The van der Waals surface area contributed by atoms with E-state index in [2.05, 4.69) is 9.72 Å². The van der Waals surface area contributed by atoms with E-state index in [0.717, 1.165) is 0 Å². The molecule has 0 saturated heterocycles. The van der Waals surface area contributed by atoms with Crippen LogP contribution in [0.25, 0.3) is 0 Å². The number of alkyl halides is 1. The van der Waals surface area contributed by atoms with E-state index in [1.54, 1.807) is 0 Å². The molecule has 100 valence electrons. The number of hydrogen-bond acceptors (Lipinski definition) is 5. The molecule has 0 spiro atoms. The summed E-state index contributed by atoms with van der Waals surface area (Å²) in [4.78, 5) is 14.4. The van der Waals surface area contributed by atoms with Gasteiger partial charge in [0.2, 0.25) is 11.8 Å². The first-order valence-corrected chi connectivity index (χ1v) is 5.90. The van der Waals surface area contributed by atoms with Crippen LogP contribution in [0, 0.1) is 5.95 Å². The number of carbonyl (C=O) groups excluding carboxylic acids is 1. The van der Waals surface area contributed by atoms with E-state index in [1.165, 1.54) is 0 Å². The van der Waals surface area contributed by atoms with Crippen molar-refractivity contribution in [3.63, 3.8) is 0 Å². The second-order valence-corrected chi connectivity index (χ2v) is 4.08. The third kappa shape index (κ3) is 3.76. The van der Waals surface area contributed by atoms with Gasteiger partial charge in [-0.05, 0) is 0 Å². The molecule has 0 aliphatic carbocycles. The number of hydrogen-bond donors (Lipinski definition) is 1. The number of nitrogens with zero attached hydrogens (tertiary/aromatic N) is 1. The van der Waals surface area contributed by atoms with Gasteiger partial charge in [-0.15, -0.1) is 11.6 Å². The molecule has 1 aromatic rings. The van der Waals surface area contributed by atoms with Crippen LogP contribution in [0.2, 0.25) is 10.0 Å². The second-order valence-electron chi connectivity index (χ2n) is 2.95. The summed E-state index contributed by atoms with van der Waals surface area (Å²) in [7, 11) is 0. The number of nitrogens with two attached hydrogens (primary N) is 1. The molecule has 0 aliphatic rings. The molecule has 2 N–H and O–H groups in total. The average Bonchev–Trinajstić information content (AvgIpc) is 2.36. The molecular formula is C9H8Cl3FN2O3. The number of carbonyl (C=O) groups is 1. The summed E-state index contributed by atoms with van der Waals surface area (Å²) in [5.41, 5.74) is 5.20. The van der Waals surface area contributed by atoms with Crippen molar-refractivity contribution in [3.05, 3.63) is 16.0 Å². The molecule has 5 nitrogen and oxygen atoms in total.